The summed E-state index contributed by atoms with van der Waals surface area (Å²) in [5.41, 5.74) is 4.87. The number of nitrogens with zero attached hydrogens (tertiary/aromatic N) is 1. The van der Waals surface area contributed by atoms with Crippen LogP contribution in [0.2, 0.25) is 5.02 Å². The van der Waals surface area contributed by atoms with Gasteiger partial charge in [0.05, 0.1) is 18.1 Å². The van der Waals surface area contributed by atoms with E-state index in [0.29, 0.717) is 6.61 Å². The Morgan fingerprint density at radius 3 is 2.67 bits per heavy atom. The van der Waals surface area contributed by atoms with Crippen LogP contribution in [-0.4, -0.2) is 17.1 Å². The summed E-state index contributed by atoms with van der Waals surface area (Å²) in [6, 6.07) is 19.6. The fourth-order valence-corrected chi connectivity index (χ4v) is 3.11. The molecular formula is C22H19ClN2O2. The molecule has 0 saturated heterocycles. The van der Waals surface area contributed by atoms with Gasteiger partial charge in [0.2, 0.25) is 0 Å². The molecule has 4 rings (SSSR count). The van der Waals surface area contributed by atoms with Gasteiger partial charge >= 0.3 is 0 Å². The lowest BCUT2D eigenvalue weighted by molar-refractivity contribution is 0.296. The van der Waals surface area contributed by atoms with Crippen LogP contribution in [0.3, 0.4) is 0 Å². The highest BCUT2D eigenvalue weighted by molar-refractivity contribution is 6.31. The second-order valence-corrected chi connectivity index (χ2v) is 6.74. The van der Waals surface area contributed by atoms with Crippen molar-refractivity contribution in [1.82, 2.24) is 9.97 Å². The average Bonchev–Trinajstić information content (AvgIpc) is 3.13. The van der Waals surface area contributed by atoms with E-state index >= 15 is 0 Å². The van der Waals surface area contributed by atoms with E-state index in [9.17, 15) is 0 Å². The summed E-state index contributed by atoms with van der Waals surface area (Å²) in [6.45, 7) is 2.34. The lowest BCUT2D eigenvalue weighted by Crippen LogP contribution is -2.00. The number of methoxy groups -OCH3 is 1. The molecule has 0 radical (unpaired) electrons. The standard InChI is InChI=1S/C22H19ClN2O2/c1-14-11-17(8-9-18(14)23)27-13-16-12-15(7-10-21(16)26-2)22-24-19-5-3-4-6-20(19)25-22/h3-12H,13H2,1-2H3,(H,24,25). The summed E-state index contributed by atoms with van der Waals surface area (Å²) < 4.78 is 11.4. The minimum absolute atomic E-state index is 0.387. The molecule has 0 fully saturated rings. The van der Waals surface area contributed by atoms with Crippen molar-refractivity contribution in [2.75, 3.05) is 7.11 Å². The Morgan fingerprint density at radius 2 is 1.89 bits per heavy atom. The van der Waals surface area contributed by atoms with Crippen LogP contribution >= 0.6 is 11.6 Å². The molecule has 0 bridgehead atoms. The first-order chi connectivity index (χ1) is 13.1. The number of halogens is 1. The third kappa shape index (κ3) is 3.62. The number of rotatable bonds is 5. The maximum Gasteiger partial charge on any atom is 0.138 e. The maximum absolute atomic E-state index is 6.08. The van der Waals surface area contributed by atoms with Crippen molar-refractivity contribution in [3.8, 4) is 22.9 Å². The zero-order valence-electron chi connectivity index (χ0n) is 15.1. The molecule has 0 saturated carbocycles. The van der Waals surface area contributed by atoms with Gasteiger partial charge in [-0.1, -0.05) is 23.7 Å². The van der Waals surface area contributed by atoms with Gasteiger partial charge in [-0.15, -0.1) is 0 Å². The largest absolute Gasteiger partial charge is 0.496 e. The minimum Gasteiger partial charge on any atom is -0.496 e. The molecule has 4 nitrogen and oxygen atoms in total. The van der Waals surface area contributed by atoms with Crippen molar-refractivity contribution in [3.63, 3.8) is 0 Å². The van der Waals surface area contributed by atoms with Crippen LogP contribution in [0.4, 0.5) is 0 Å². The molecular weight excluding hydrogens is 360 g/mol. The Balaban J connectivity index is 1.63. The fourth-order valence-electron chi connectivity index (χ4n) is 3.00. The lowest BCUT2D eigenvalue weighted by atomic mass is 10.1. The molecule has 0 aliphatic carbocycles. The Labute approximate surface area is 162 Å². The summed E-state index contributed by atoms with van der Waals surface area (Å²) in [7, 11) is 1.66. The van der Waals surface area contributed by atoms with Gasteiger partial charge in [-0.3, -0.25) is 0 Å². The van der Waals surface area contributed by atoms with Crippen molar-refractivity contribution in [2.24, 2.45) is 0 Å². The third-order valence-corrected chi connectivity index (χ3v) is 4.89. The smallest absolute Gasteiger partial charge is 0.138 e. The zero-order valence-corrected chi connectivity index (χ0v) is 15.9. The van der Waals surface area contributed by atoms with Gasteiger partial charge in [-0.05, 0) is 61.0 Å². The molecule has 1 N–H and O–H groups in total. The molecule has 0 unspecified atom stereocenters. The molecule has 5 heteroatoms. The number of hydrogen-bond acceptors (Lipinski definition) is 3. The van der Waals surface area contributed by atoms with Crippen LogP contribution in [0, 0.1) is 6.92 Å². The number of H-pyrrole nitrogens is 1. The molecule has 136 valence electrons. The predicted octanol–water partition coefficient (Wildman–Crippen LogP) is 5.78. The second-order valence-electron chi connectivity index (χ2n) is 6.33. The molecule has 0 aliphatic rings. The first-order valence-corrected chi connectivity index (χ1v) is 9.03. The normalized spacial score (nSPS) is 10.9. The SMILES string of the molecule is COc1ccc(-c2nc3ccccc3[nH]2)cc1COc1ccc(Cl)c(C)c1. The second kappa shape index (κ2) is 7.33. The van der Waals surface area contributed by atoms with E-state index in [4.69, 9.17) is 21.1 Å². The average molecular weight is 379 g/mol. The number of aromatic nitrogens is 2. The number of ether oxygens (including phenoxy) is 2. The van der Waals surface area contributed by atoms with Gasteiger partial charge in [0, 0.05) is 16.1 Å². The van der Waals surface area contributed by atoms with Gasteiger partial charge < -0.3 is 14.5 Å². The van der Waals surface area contributed by atoms with E-state index in [1.165, 1.54) is 0 Å². The molecule has 0 aliphatic heterocycles. The molecule has 0 spiro atoms. The summed E-state index contributed by atoms with van der Waals surface area (Å²) in [6.07, 6.45) is 0. The van der Waals surface area contributed by atoms with E-state index in [2.05, 4.69) is 9.97 Å². The highest BCUT2D eigenvalue weighted by Crippen LogP contribution is 2.28. The highest BCUT2D eigenvalue weighted by atomic mass is 35.5. The monoisotopic (exact) mass is 378 g/mol. The van der Waals surface area contributed by atoms with E-state index in [1.54, 1.807) is 7.11 Å². The van der Waals surface area contributed by atoms with Gasteiger partial charge in [-0.25, -0.2) is 4.98 Å². The van der Waals surface area contributed by atoms with Crippen LogP contribution < -0.4 is 9.47 Å². The molecule has 0 atom stereocenters. The van der Waals surface area contributed by atoms with Crippen LogP contribution in [-0.2, 0) is 6.61 Å². The molecule has 1 aromatic heterocycles. The van der Waals surface area contributed by atoms with Gasteiger partial charge in [-0.2, -0.15) is 0 Å². The maximum atomic E-state index is 6.08. The summed E-state index contributed by atoms with van der Waals surface area (Å²) in [5, 5.41) is 0.729. The van der Waals surface area contributed by atoms with Crippen molar-refractivity contribution in [3.05, 3.63) is 76.8 Å². The number of hydrogen-bond donors (Lipinski definition) is 1. The predicted molar refractivity (Wildman–Crippen MR) is 109 cm³/mol. The summed E-state index contributed by atoms with van der Waals surface area (Å²) >= 11 is 6.08. The number of imidazole rings is 1. The summed E-state index contributed by atoms with van der Waals surface area (Å²) in [4.78, 5) is 8.02. The zero-order chi connectivity index (χ0) is 18.8. The van der Waals surface area contributed by atoms with Crippen LogP contribution in [0.15, 0.2) is 60.7 Å². The Morgan fingerprint density at radius 1 is 1.04 bits per heavy atom. The number of benzene rings is 3. The first kappa shape index (κ1) is 17.4. The van der Waals surface area contributed by atoms with E-state index < -0.39 is 0 Å². The molecule has 1 heterocycles. The van der Waals surface area contributed by atoms with Crippen molar-refractivity contribution in [1.29, 1.82) is 0 Å². The third-order valence-electron chi connectivity index (χ3n) is 4.47. The van der Waals surface area contributed by atoms with Crippen LogP contribution in [0.1, 0.15) is 11.1 Å². The van der Waals surface area contributed by atoms with Crippen molar-refractivity contribution < 1.29 is 9.47 Å². The van der Waals surface area contributed by atoms with Gasteiger partial charge in [0.1, 0.15) is 23.9 Å². The van der Waals surface area contributed by atoms with Gasteiger partial charge in [0.25, 0.3) is 0 Å². The van der Waals surface area contributed by atoms with Crippen LogP contribution in [0.25, 0.3) is 22.4 Å². The lowest BCUT2D eigenvalue weighted by Gasteiger charge is -2.12. The van der Waals surface area contributed by atoms with E-state index in [1.807, 2.05) is 67.6 Å². The van der Waals surface area contributed by atoms with Crippen LogP contribution in [0.5, 0.6) is 11.5 Å². The first-order valence-electron chi connectivity index (χ1n) is 8.65. The number of para-hydroxylation sites is 2. The Kier molecular flexibility index (Phi) is 4.73. The van der Waals surface area contributed by atoms with Gasteiger partial charge in [0.15, 0.2) is 0 Å². The Bertz CT molecular complexity index is 1070. The minimum atomic E-state index is 0.387. The molecule has 27 heavy (non-hydrogen) atoms. The molecule has 0 amide bonds. The number of aromatic amines is 1. The van der Waals surface area contributed by atoms with Crippen molar-refractivity contribution in [2.45, 2.75) is 13.5 Å². The fraction of sp³-hybridized carbons (Fsp3) is 0.136. The highest BCUT2D eigenvalue weighted by Gasteiger charge is 2.10. The topological polar surface area (TPSA) is 47.1 Å². The summed E-state index contributed by atoms with van der Waals surface area (Å²) in [5.74, 6) is 2.37. The Hall–Kier alpha value is -2.98. The van der Waals surface area contributed by atoms with E-state index in [-0.39, 0.29) is 0 Å². The van der Waals surface area contributed by atoms with Crippen molar-refractivity contribution >= 4 is 22.6 Å². The molecule has 4 aromatic rings. The van der Waals surface area contributed by atoms with E-state index in [0.717, 1.165) is 50.1 Å². The molecule has 3 aromatic carbocycles. The number of fused-ring (bicyclic) bond motifs is 1. The number of nitrogens with one attached hydrogen (secondary N) is 1. The quantitative estimate of drug-likeness (QED) is 0.479. The number of aryl methyl sites for hydroxylation is 1.